The largest absolute Gasteiger partial charge is 0.472 e. The Morgan fingerprint density at radius 2 is 0.965 bits per heavy atom. The van der Waals surface area contributed by atoms with Gasteiger partial charge in [0.1, 0.15) is 6.61 Å². The molecule has 0 radical (unpaired) electrons. The molecule has 328 valence electrons. The molecule has 0 rings (SSSR count). The summed E-state index contributed by atoms with van der Waals surface area (Å²) in [4.78, 5) is 34.9. The Morgan fingerprint density at radius 1 is 0.544 bits per heavy atom. The second-order valence-electron chi connectivity index (χ2n) is 14.5. The van der Waals surface area contributed by atoms with Gasteiger partial charge in [-0.25, -0.2) is 4.57 Å². The van der Waals surface area contributed by atoms with E-state index in [4.69, 9.17) is 24.3 Å². The molecule has 9 nitrogen and oxygen atoms in total. The maximum Gasteiger partial charge on any atom is 0.472 e. The van der Waals surface area contributed by atoms with Gasteiger partial charge >= 0.3 is 19.8 Å². The summed E-state index contributed by atoms with van der Waals surface area (Å²) in [5.74, 6) is -0.868. The number of unbranched alkanes of at least 4 members (excludes halogenated alkanes) is 16. The van der Waals surface area contributed by atoms with Crippen molar-refractivity contribution in [3.63, 3.8) is 0 Å². The van der Waals surface area contributed by atoms with Crippen LogP contribution in [0.1, 0.15) is 181 Å². The van der Waals surface area contributed by atoms with Crippen LogP contribution < -0.4 is 5.73 Å². The van der Waals surface area contributed by atoms with E-state index in [1.165, 1.54) is 38.5 Å². The number of rotatable bonds is 41. The van der Waals surface area contributed by atoms with Gasteiger partial charge < -0.3 is 20.1 Å². The third kappa shape index (κ3) is 42.9. The van der Waals surface area contributed by atoms with Gasteiger partial charge in [0.2, 0.25) is 0 Å². The lowest BCUT2D eigenvalue weighted by molar-refractivity contribution is -0.161. The molecule has 0 aliphatic heterocycles. The number of carbonyl (C=O) groups is 2. The molecule has 2 atom stereocenters. The van der Waals surface area contributed by atoms with Gasteiger partial charge in [-0.1, -0.05) is 157 Å². The number of carbonyl (C=O) groups excluding carboxylic acids is 2. The van der Waals surface area contributed by atoms with E-state index in [-0.39, 0.29) is 32.6 Å². The first kappa shape index (κ1) is 54.5. The van der Waals surface area contributed by atoms with Crippen molar-refractivity contribution in [3.05, 3.63) is 72.9 Å². The third-order valence-corrected chi connectivity index (χ3v) is 10.1. The maximum atomic E-state index is 12.6. The van der Waals surface area contributed by atoms with E-state index in [1.807, 2.05) is 0 Å². The Labute approximate surface area is 348 Å². The lowest BCUT2D eigenvalue weighted by Gasteiger charge is -2.19. The number of hydrogen-bond acceptors (Lipinski definition) is 8. The first-order valence-electron chi connectivity index (χ1n) is 22.4. The molecular formula is C47H82NO8P. The lowest BCUT2D eigenvalue weighted by atomic mass is 10.1. The van der Waals surface area contributed by atoms with Crippen molar-refractivity contribution in [1.82, 2.24) is 0 Å². The van der Waals surface area contributed by atoms with Gasteiger partial charge in [0, 0.05) is 19.4 Å². The van der Waals surface area contributed by atoms with Crippen LogP contribution in [0.4, 0.5) is 0 Å². The molecule has 0 spiro atoms. The predicted molar refractivity (Wildman–Crippen MR) is 238 cm³/mol. The molecule has 0 aliphatic carbocycles. The van der Waals surface area contributed by atoms with E-state index in [0.717, 1.165) is 103 Å². The number of phosphoric acid groups is 1. The van der Waals surface area contributed by atoms with Crippen molar-refractivity contribution in [2.75, 3.05) is 26.4 Å². The van der Waals surface area contributed by atoms with Crippen LogP contribution in [0.2, 0.25) is 0 Å². The second-order valence-corrected chi connectivity index (χ2v) is 16.0. The van der Waals surface area contributed by atoms with Crippen LogP contribution in [-0.2, 0) is 32.7 Å². The summed E-state index contributed by atoms with van der Waals surface area (Å²) in [7, 11) is -4.39. The fourth-order valence-corrected chi connectivity index (χ4v) is 6.54. The van der Waals surface area contributed by atoms with Gasteiger partial charge in [-0.3, -0.25) is 18.6 Å². The highest BCUT2D eigenvalue weighted by Crippen LogP contribution is 2.43. The predicted octanol–water partition coefficient (Wildman–Crippen LogP) is 13.1. The molecule has 0 aromatic rings. The highest BCUT2D eigenvalue weighted by molar-refractivity contribution is 7.47. The Kier molecular flexibility index (Phi) is 41.1. The van der Waals surface area contributed by atoms with Crippen LogP contribution in [0.3, 0.4) is 0 Å². The Bertz CT molecular complexity index is 1160. The molecule has 0 amide bonds. The Morgan fingerprint density at radius 3 is 1.44 bits per heavy atom. The molecule has 0 saturated heterocycles. The van der Waals surface area contributed by atoms with Crippen LogP contribution in [-0.4, -0.2) is 49.3 Å². The van der Waals surface area contributed by atoms with Crippen molar-refractivity contribution in [3.8, 4) is 0 Å². The van der Waals surface area contributed by atoms with Gasteiger partial charge in [-0.15, -0.1) is 0 Å². The normalized spacial score (nSPS) is 14.0. The second kappa shape index (κ2) is 43.0. The standard InChI is InChI=1S/C47H82NO8P/c1-3-5-7-9-11-13-15-17-19-20-21-22-23-24-26-28-30-32-34-36-38-40-47(50)56-45(44-55-57(51,52)54-42-41-48)43-53-46(49)39-37-35-33-31-29-27-25-18-16-14-12-10-8-6-4-2/h6,8,12,14-15,17-18,20-21,23-25,45H,3-5,7,9-11,13,16,19,22,26-44,48H2,1-2H3,(H,51,52)/b8-6-,14-12-,17-15-,21-20-,24-23-,25-18-. The average Bonchev–Trinajstić information content (AvgIpc) is 3.20. The number of hydrogen-bond donors (Lipinski definition) is 2. The quantitative estimate of drug-likeness (QED) is 0.0267. The summed E-state index contributed by atoms with van der Waals surface area (Å²) < 4.78 is 32.8. The number of esters is 2. The smallest absolute Gasteiger partial charge is 0.462 e. The first-order valence-corrected chi connectivity index (χ1v) is 23.9. The minimum absolute atomic E-state index is 0.0448. The van der Waals surface area contributed by atoms with E-state index < -0.39 is 32.5 Å². The van der Waals surface area contributed by atoms with Crippen LogP contribution >= 0.6 is 7.82 Å². The minimum atomic E-state index is -4.39. The Hall–Kier alpha value is -2.55. The zero-order valence-corrected chi connectivity index (χ0v) is 36.9. The van der Waals surface area contributed by atoms with Crippen molar-refractivity contribution in [1.29, 1.82) is 0 Å². The fraction of sp³-hybridized carbons (Fsp3) is 0.702. The monoisotopic (exact) mass is 820 g/mol. The van der Waals surface area contributed by atoms with Crippen LogP contribution in [0, 0.1) is 0 Å². The lowest BCUT2D eigenvalue weighted by Crippen LogP contribution is -2.29. The molecule has 0 fully saturated rings. The Balaban J connectivity index is 4.19. The summed E-state index contributed by atoms with van der Waals surface area (Å²) in [5.41, 5.74) is 5.35. The first-order chi connectivity index (χ1) is 27.8. The molecule has 0 saturated carbocycles. The van der Waals surface area contributed by atoms with E-state index in [2.05, 4.69) is 86.8 Å². The van der Waals surface area contributed by atoms with Crippen molar-refractivity contribution >= 4 is 19.8 Å². The van der Waals surface area contributed by atoms with Crippen molar-refractivity contribution in [2.45, 2.75) is 187 Å². The van der Waals surface area contributed by atoms with Gasteiger partial charge in [0.05, 0.1) is 13.2 Å². The van der Waals surface area contributed by atoms with E-state index in [1.54, 1.807) is 0 Å². The molecule has 0 bridgehead atoms. The summed E-state index contributed by atoms with van der Waals surface area (Å²) >= 11 is 0. The molecule has 2 unspecified atom stereocenters. The minimum Gasteiger partial charge on any atom is -0.462 e. The summed E-state index contributed by atoms with van der Waals surface area (Å²) in [6.07, 6.45) is 52.1. The van der Waals surface area contributed by atoms with Crippen LogP contribution in [0.15, 0.2) is 72.9 Å². The third-order valence-electron chi connectivity index (χ3n) is 9.08. The van der Waals surface area contributed by atoms with Crippen LogP contribution in [0.25, 0.3) is 0 Å². The van der Waals surface area contributed by atoms with Gasteiger partial charge in [-0.2, -0.15) is 0 Å². The molecular weight excluding hydrogens is 737 g/mol. The van der Waals surface area contributed by atoms with Gasteiger partial charge in [-0.05, 0) is 83.5 Å². The van der Waals surface area contributed by atoms with E-state index in [9.17, 15) is 19.0 Å². The summed E-state index contributed by atoms with van der Waals surface area (Å²) in [5, 5.41) is 0. The van der Waals surface area contributed by atoms with Crippen molar-refractivity contribution in [2.24, 2.45) is 5.73 Å². The molecule has 0 aliphatic rings. The molecule has 0 heterocycles. The van der Waals surface area contributed by atoms with Gasteiger partial charge in [0.15, 0.2) is 6.10 Å². The summed E-state index contributed by atoms with van der Waals surface area (Å²) in [6.45, 7) is 3.56. The molecule has 10 heteroatoms. The zero-order valence-electron chi connectivity index (χ0n) is 36.0. The highest BCUT2D eigenvalue weighted by atomic mass is 31.2. The molecule has 3 N–H and O–H groups in total. The molecule has 57 heavy (non-hydrogen) atoms. The average molecular weight is 820 g/mol. The number of phosphoric ester groups is 1. The van der Waals surface area contributed by atoms with E-state index in [0.29, 0.717) is 12.8 Å². The zero-order chi connectivity index (χ0) is 41.8. The number of nitrogens with two attached hydrogens (primary N) is 1. The summed E-state index contributed by atoms with van der Waals surface area (Å²) in [6, 6.07) is 0. The molecule has 0 aromatic heterocycles. The highest BCUT2D eigenvalue weighted by Gasteiger charge is 2.26. The van der Waals surface area contributed by atoms with E-state index >= 15 is 0 Å². The SMILES string of the molecule is CC/C=C\C/C=C\C/C=C\CCCCCCCC(=O)OCC(COP(=O)(O)OCCN)OC(=O)CCCCCCCC/C=C\C/C=C\C/C=C\CCCCCCC. The number of allylic oxidation sites excluding steroid dienone is 12. The topological polar surface area (TPSA) is 134 Å². The van der Waals surface area contributed by atoms with Crippen molar-refractivity contribution < 1.29 is 37.6 Å². The number of ether oxygens (including phenoxy) is 2. The van der Waals surface area contributed by atoms with Crippen LogP contribution in [0.5, 0.6) is 0 Å². The molecule has 0 aromatic carbocycles. The van der Waals surface area contributed by atoms with Gasteiger partial charge in [0.25, 0.3) is 0 Å². The fourth-order valence-electron chi connectivity index (χ4n) is 5.77. The maximum absolute atomic E-state index is 12.6.